The highest BCUT2D eigenvalue weighted by molar-refractivity contribution is 6.31. The SMILES string of the molecule is CCCC1CCN(c2ccc(CC(C)N)c(Cl)c2)C1. The van der Waals surface area contributed by atoms with E-state index in [9.17, 15) is 0 Å². The van der Waals surface area contributed by atoms with E-state index in [2.05, 4.69) is 30.0 Å². The average molecular weight is 281 g/mol. The Morgan fingerprint density at radius 1 is 1.47 bits per heavy atom. The standard InChI is InChI=1S/C16H25ClN2/c1-3-4-13-7-8-19(11-13)15-6-5-14(9-12(2)18)16(17)10-15/h5-6,10,12-13H,3-4,7-9,11,18H2,1-2H3. The predicted molar refractivity (Wildman–Crippen MR) is 84.0 cm³/mol. The highest BCUT2D eigenvalue weighted by atomic mass is 35.5. The number of benzene rings is 1. The molecule has 0 radical (unpaired) electrons. The maximum atomic E-state index is 6.37. The summed E-state index contributed by atoms with van der Waals surface area (Å²) in [5, 5.41) is 0.855. The molecule has 2 atom stereocenters. The Morgan fingerprint density at radius 3 is 2.89 bits per heavy atom. The Balaban J connectivity index is 2.04. The van der Waals surface area contributed by atoms with Crippen molar-refractivity contribution in [3.63, 3.8) is 0 Å². The molecular weight excluding hydrogens is 256 g/mol. The van der Waals surface area contributed by atoms with Crippen molar-refractivity contribution in [2.45, 2.75) is 45.6 Å². The summed E-state index contributed by atoms with van der Waals surface area (Å²) in [4.78, 5) is 2.46. The van der Waals surface area contributed by atoms with E-state index in [1.54, 1.807) is 0 Å². The van der Waals surface area contributed by atoms with E-state index >= 15 is 0 Å². The highest BCUT2D eigenvalue weighted by Gasteiger charge is 2.22. The van der Waals surface area contributed by atoms with Crippen LogP contribution in [-0.2, 0) is 6.42 Å². The van der Waals surface area contributed by atoms with Gasteiger partial charge in [-0.3, -0.25) is 0 Å². The van der Waals surface area contributed by atoms with Crippen molar-refractivity contribution in [3.05, 3.63) is 28.8 Å². The monoisotopic (exact) mass is 280 g/mol. The Morgan fingerprint density at radius 2 is 2.26 bits per heavy atom. The van der Waals surface area contributed by atoms with Crippen LogP contribution in [0.4, 0.5) is 5.69 Å². The van der Waals surface area contributed by atoms with Gasteiger partial charge in [-0.2, -0.15) is 0 Å². The fourth-order valence-electron chi connectivity index (χ4n) is 2.96. The van der Waals surface area contributed by atoms with Crippen LogP contribution in [0.1, 0.15) is 38.7 Å². The zero-order chi connectivity index (χ0) is 13.8. The molecule has 2 rings (SSSR count). The highest BCUT2D eigenvalue weighted by Crippen LogP contribution is 2.30. The maximum absolute atomic E-state index is 6.37. The van der Waals surface area contributed by atoms with Gasteiger partial charge in [-0.15, -0.1) is 0 Å². The molecule has 1 aromatic rings. The lowest BCUT2D eigenvalue weighted by Crippen LogP contribution is -2.20. The van der Waals surface area contributed by atoms with E-state index in [4.69, 9.17) is 17.3 Å². The quantitative estimate of drug-likeness (QED) is 0.887. The molecular formula is C16H25ClN2. The molecule has 0 saturated carbocycles. The molecule has 1 aromatic carbocycles. The minimum atomic E-state index is 0.157. The second-order valence-corrected chi connectivity index (χ2v) is 6.25. The van der Waals surface area contributed by atoms with Crippen LogP contribution in [0.5, 0.6) is 0 Å². The van der Waals surface area contributed by atoms with Gasteiger partial charge in [-0.1, -0.05) is 31.0 Å². The Labute approximate surface area is 121 Å². The summed E-state index contributed by atoms with van der Waals surface area (Å²) in [6.45, 7) is 6.62. The molecule has 1 fully saturated rings. The molecule has 0 spiro atoms. The van der Waals surface area contributed by atoms with E-state index in [0.717, 1.165) is 29.5 Å². The summed E-state index contributed by atoms with van der Waals surface area (Å²) in [7, 11) is 0. The van der Waals surface area contributed by atoms with Gasteiger partial charge in [-0.05, 0) is 49.8 Å². The van der Waals surface area contributed by atoms with Gasteiger partial charge in [0.25, 0.3) is 0 Å². The summed E-state index contributed by atoms with van der Waals surface area (Å²) in [5.41, 5.74) is 8.25. The van der Waals surface area contributed by atoms with Crippen LogP contribution in [0, 0.1) is 5.92 Å². The summed E-state index contributed by atoms with van der Waals surface area (Å²) < 4.78 is 0. The number of hydrogen-bond donors (Lipinski definition) is 1. The molecule has 1 saturated heterocycles. The van der Waals surface area contributed by atoms with Crippen molar-refractivity contribution < 1.29 is 0 Å². The fourth-order valence-corrected chi connectivity index (χ4v) is 3.21. The molecule has 1 aliphatic heterocycles. The number of hydrogen-bond acceptors (Lipinski definition) is 2. The largest absolute Gasteiger partial charge is 0.371 e. The second kappa shape index (κ2) is 6.62. The van der Waals surface area contributed by atoms with Crippen molar-refractivity contribution >= 4 is 17.3 Å². The molecule has 2 nitrogen and oxygen atoms in total. The molecule has 1 heterocycles. The van der Waals surface area contributed by atoms with Crippen molar-refractivity contribution in [1.29, 1.82) is 0 Å². The van der Waals surface area contributed by atoms with Gasteiger partial charge in [0, 0.05) is 29.8 Å². The van der Waals surface area contributed by atoms with E-state index in [1.165, 1.54) is 31.5 Å². The Hall–Kier alpha value is -0.730. The molecule has 0 aliphatic carbocycles. The van der Waals surface area contributed by atoms with Crippen molar-refractivity contribution in [1.82, 2.24) is 0 Å². The van der Waals surface area contributed by atoms with Gasteiger partial charge in [0.2, 0.25) is 0 Å². The first-order valence-electron chi connectivity index (χ1n) is 7.39. The van der Waals surface area contributed by atoms with Crippen molar-refractivity contribution in [2.24, 2.45) is 11.7 Å². The van der Waals surface area contributed by atoms with Crippen LogP contribution in [-0.4, -0.2) is 19.1 Å². The van der Waals surface area contributed by atoms with Crippen LogP contribution in [0.2, 0.25) is 5.02 Å². The summed E-state index contributed by atoms with van der Waals surface area (Å²) >= 11 is 6.37. The van der Waals surface area contributed by atoms with Gasteiger partial charge in [0.05, 0.1) is 0 Å². The van der Waals surface area contributed by atoms with Crippen LogP contribution in [0.25, 0.3) is 0 Å². The first-order valence-corrected chi connectivity index (χ1v) is 7.77. The minimum Gasteiger partial charge on any atom is -0.371 e. The Kier molecular flexibility index (Phi) is 5.12. The maximum Gasteiger partial charge on any atom is 0.0459 e. The summed E-state index contributed by atoms with van der Waals surface area (Å²) in [6.07, 6.45) is 4.78. The number of nitrogens with zero attached hydrogens (tertiary/aromatic N) is 1. The predicted octanol–water partition coefficient (Wildman–Crippen LogP) is 3.86. The summed E-state index contributed by atoms with van der Waals surface area (Å²) in [5.74, 6) is 0.854. The molecule has 1 aliphatic rings. The van der Waals surface area contributed by atoms with Gasteiger partial charge in [-0.25, -0.2) is 0 Å². The fraction of sp³-hybridized carbons (Fsp3) is 0.625. The Bertz CT molecular complexity index is 417. The second-order valence-electron chi connectivity index (χ2n) is 5.85. The number of rotatable bonds is 5. The van der Waals surface area contributed by atoms with Gasteiger partial charge in [0.15, 0.2) is 0 Å². The van der Waals surface area contributed by atoms with Crippen molar-refractivity contribution in [3.8, 4) is 0 Å². The number of halogens is 1. The normalized spacial score (nSPS) is 20.8. The number of nitrogens with two attached hydrogens (primary N) is 1. The molecule has 2 unspecified atom stereocenters. The smallest absolute Gasteiger partial charge is 0.0459 e. The lowest BCUT2D eigenvalue weighted by Gasteiger charge is -2.20. The van der Waals surface area contributed by atoms with Crippen LogP contribution in [0.15, 0.2) is 18.2 Å². The minimum absolute atomic E-state index is 0.157. The molecule has 0 amide bonds. The first-order chi connectivity index (χ1) is 9.10. The van der Waals surface area contributed by atoms with E-state index < -0.39 is 0 Å². The van der Waals surface area contributed by atoms with Crippen LogP contribution in [0.3, 0.4) is 0 Å². The lowest BCUT2D eigenvalue weighted by molar-refractivity contribution is 0.530. The van der Waals surface area contributed by atoms with Crippen LogP contribution < -0.4 is 10.6 Å². The third-order valence-electron chi connectivity index (χ3n) is 3.93. The first kappa shape index (κ1) is 14.7. The van der Waals surface area contributed by atoms with Gasteiger partial charge >= 0.3 is 0 Å². The molecule has 3 heteroatoms. The zero-order valence-corrected chi connectivity index (χ0v) is 12.8. The van der Waals surface area contributed by atoms with Gasteiger partial charge < -0.3 is 10.6 Å². The third-order valence-corrected chi connectivity index (χ3v) is 4.28. The molecule has 106 valence electrons. The van der Waals surface area contributed by atoms with E-state index in [0.29, 0.717) is 0 Å². The lowest BCUT2D eigenvalue weighted by atomic mass is 10.0. The topological polar surface area (TPSA) is 29.3 Å². The van der Waals surface area contributed by atoms with Crippen LogP contribution >= 0.6 is 11.6 Å². The average Bonchev–Trinajstić information content (AvgIpc) is 2.80. The van der Waals surface area contributed by atoms with E-state index in [-0.39, 0.29) is 6.04 Å². The zero-order valence-electron chi connectivity index (χ0n) is 12.0. The summed E-state index contributed by atoms with van der Waals surface area (Å²) in [6, 6.07) is 6.59. The number of anilines is 1. The molecule has 0 bridgehead atoms. The molecule has 19 heavy (non-hydrogen) atoms. The van der Waals surface area contributed by atoms with Crippen molar-refractivity contribution in [2.75, 3.05) is 18.0 Å². The molecule has 0 aromatic heterocycles. The van der Waals surface area contributed by atoms with Gasteiger partial charge in [0.1, 0.15) is 0 Å². The third kappa shape index (κ3) is 3.87. The van der Waals surface area contributed by atoms with E-state index in [1.807, 2.05) is 6.92 Å². The molecule has 2 N–H and O–H groups in total.